The Morgan fingerprint density at radius 2 is 1.95 bits per heavy atom. The molecule has 4 rings (SSSR count). The van der Waals surface area contributed by atoms with E-state index in [9.17, 15) is 0 Å². The van der Waals surface area contributed by atoms with Crippen molar-refractivity contribution in [3.63, 3.8) is 0 Å². The molecule has 0 amide bonds. The zero-order valence-electron chi connectivity index (χ0n) is 12.8. The smallest absolute Gasteiger partial charge is 0.111 e. The Kier molecular flexibility index (Phi) is 3.68. The molecule has 1 fully saturated rings. The van der Waals surface area contributed by atoms with Crippen molar-refractivity contribution < 1.29 is 0 Å². The van der Waals surface area contributed by atoms with Crippen molar-refractivity contribution in [2.75, 3.05) is 6.54 Å². The molecule has 1 aliphatic heterocycles. The number of nitrogens with zero attached hydrogens (tertiary/aromatic N) is 2. The van der Waals surface area contributed by atoms with Crippen LogP contribution in [-0.2, 0) is 6.54 Å². The van der Waals surface area contributed by atoms with Crippen LogP contribution < -0.4 is 0 Å². The summed E-state index contributed by atoms with van der Waals surface area (Å²) in [4.78, 5) is 7.46. The average Bonchev–Trinajstić information content (AvgIpc) is 3.15. The van der Waals surface area contributed by atoms with Crippen LogP contribution in [-0.4, -0.2) is 16.4 Å². The minimum atomic E-state index is 0.485. The van der Waals surface area contributed by atoms with Crippen LogP contribution in [0.3, 0.4) is 0 Å². The second-order valence-corrected chi connectivity index (χ2v) is 7.20. The number of rotatable bonds is 3. The van der Waals surface area contributed by atoms with Gasteiger partial charge in [-0.1, -0.05) is 42.0 Å². The molecule has 1 aromatic heterocycles. The summed E-state index contributed by atoms with van der Waals surface area (Å²) in [7, 11) is 0. The lowest BCUT2D eigenvalue weighted by molar-refractivity contribution is 0.248. The van der Waals surface area contributed by atoms with E-state index in [-0.39, 0.29) is 0 Å². The summed E-state index contributed by atoms with van der Waals surface area (Å²) in [6.45, 7) is 4.35. The molecule has 1 atom stereocenters. The summed E-state index contributed by atoms with van der Waals surface area (Å²) in [5.74, 6) is 0. The van der Waals surface area contributed by atoms with Crippen LogP contribution in [0.5, 0.6) is 0 Å². The van der Waals surface area contributed by atoms with Crippen molar-refractivity contribution in [3.05, 3.63) is 64.7 Å². The zero-order valence-corrected chi connectivity index (χ0v) is 13.6. The van der Waals surface area contributed by atoms with Gasteiger partial charge in [-0.15, -0.1) is 11.3 Å². The Morgan fingerprint density at radius 1 is 1.14 bits per heavy atom. The van der Waals surface area contributed by atoms with E-state index < -0.39 is 0 Å². The normalized spacial score (nSPS) is 19.0. The molecule has 0 aliphatic carbocycles. The van der Waals surface area contributed by atoms with E-state index in [0.29, 0.717) is 6.04 Å². The Labute approximate surface area is 135 Å². The quantitative estimate of drug-likeness (QED) is 0.681. The number of para-hydroxylation sites is 1. The summed E-state index contributed by atoms with van der Waals surface area (Å²) in [5, 5.41) is 1.28. The molecule has 112 valence electrons. The van der Waals surface area contributed by atoms with Gasteiger partial charge in [-0.05, 0) is 44.0 Å². The summed E-state index contributed by atoms with van der Waals surface area (Å²) in [6.07, 6.45) is 2.50. The van der Waals surface area contributed by atoms with Gasteiger partial charge >= 0.3 is 0 Å². The first kappa shape index (κ1) is 13.9. The van der Waals surface area contributed by atoms with Gasteiger partial charge in [0.05, 0.1) is 16.3 Å². The first-order valence-corrected chi connectivity index (χ1v) is 8.76. The highest BCUT2D eigenvalue weighted by Gasteiger charge is 2.28. The van der Waals surface area contributed by atoms with E-state index in [1.165, 1.54) is 40.2 Å². The number of hydrogen-bond acceptors (Lipinski definition) is 3. The van der Waals surface area contributed by atoms with Crippen LogP contribution in [0.15, 0.2) is 48.5 Å². The van der Waals surface area contributed by atoms with Crippen LogP contribution in [0.4, 0.5) is 0 Å². The molecule has 0 saturated carbocycles. The van der Waals surface area contributed by atoms with Crippen molar-refractivity contribution in [2.45, 2.75) is 32.4 Å². The first-order chi connectivity index (χ1) is 10.8. The third kappa shape index (κ3) is 2.67. The molecule has 2 nitrogen and oxygen atoms in total. The summed E-state index contributed by atoms with van der Waals surface area (Å²) < 4.78 is 1.31. The largest absolute Gasteiger partial charge is 0.290 e. The molecular formula is C19H20N2S. The lowest BCUT2D eigenvalue weighted by Crippen LogP contribution is -2.22. The van der Waals surface area contributed by atoms with E-state index in [1.807, 2.05) is 11.3 Å². The molecule has 1 saturated heterocycles. The molecular weight excluding hydrogens is 288 g/mol. The maximum Gasteiger partial charge on any atom is 0.111 e. The zero-order chi connectivity index (χ0) is 14.9. The van der Waals surface area contributed by atoms with E-state index in [1.54, 1.807) is 0 Å². The van der Waals surface area contributed by atoms with E-state index in [4.69, 9.17) is 4.98 Å². The lowest BCUT2D eigenvalue weighted by atomic mass is 10.1. The van der Waals surface area contributed by atoms with E-state index in [2.05, 4.69) is 60.4 Å². The maximum atomic E-state index is 4.88. The fraction of sp³-hybridized carbons (Fsp3) is 0.316. The highest BCUT2D eigenvalue weighted by atomic mass is 32.1. The van der Waals surface area contributed by atoms with Crippen molar-refractivity contribution in [2.24, 2.45) is 0 Å². The van der Waals surface area contributed by atoms with Crippen LogP contribution in [0.2, 0.25) is 0 Å². The van der Waals surface area contributed by atoms with Crippen LogP contribution in [0, 0.1) is 6.92 Å². The van der Waals surface area contributed by atoms with Gasteiger partial charge in [-0.2, -0.15) is 0 Å². The van der Waals surface area contributed by atoms with Gasteiger partial charge in [0.25, 0.3) is 0 Å². The van der Waals surface area contributed by atoms with E-state index in [0.717, 1.165) is 12.1 Å². The molecule has 0 radical (unpaired) electrons. The number of aromatic nitrogens is 1. The summed E-state index contributed by atoms with van der Waals surface area (Å²) in [6, 6.07) is 17.9. The molecule has 1 aliphatic rings. The Morgan fingerprint density at radius 3 is 2.77 bits per heavy atom. The highest BCUT2D eigenvalue weighted by molar-refractivity contribution is 7.18. The molecule has 2 aromatic carbocycles. The highest BCUT2D eigenvalue weighted by Crippen LogP contribution is 2.37. The first-order valence-electron chi connectivity index (χ1n) is 7.95. The molecule has 0 N–H and O–H groups in total. The topological polar surface area (TPSA) is 16.1 Å². The van der Waals surface area contributed by atoms with Crippen molar-refractivity contribution in [1.82, 2.24) is 9.88 Å². The second kappa shape index (κ2) is 5.82. The molecule has 3 heteroatoms. The minimum Gasteiger partial charge on any atom is -0.290 e. The van der Waals surface area contributed by atoms with E-state index >= 15 is 0 Å². The van der Waals surface area contributed by atoms with Crippen LogP contribution in [0.1, 0.15) is 35.0 Å². The molecule has 0 spiro atoms. The number of benzene rings is 2. The maximum absolute atomic E-state index is 4.88. The second-order valence-electron chi connectivity index (χ2n) is 6.13. The average molecular weight is 308 g/mol. The molecule has 3 aromatic rings. The van der Waals surface area contributed by atoms with Gasteiger partial charge in [0.15, 0.2) is 0 Å². The predicted octanol–water partition coefficient (Wildman–Crippen LogP) is 4.94. The number of hydrogen-bond donors (Lipinski definition) is 0. The Bertz CT molecular complexity index is 742. The fourth-order valence-electron chi connectivity index (χ4n) is 3.26. The number of likely N-dealkylation sites (tertiary alicyclic amines) is 1. The molecule has 0 bridgehead atoms. The van der Waals surface area contributed by atoms with Crippen LogP contribution >= 0.6 is 11.3 Å². The van der Waals surface area contributed by atoms with Gasteiger partial charge in [0, 0.05) is 6.54 Å². The van der Waals surface area contributed by atoms with Gasteiger partial charge in [-0.25, -0.2) is 4.98 Å². The Balaban J connectivity index is 1.58. The molecule has 22 heavy (non-hydrogen) atoms. The number of thiazole rings is 1. The summed E-state index contributed by atoms with van der Waals surface area (Å²) in [5.41, 5.74) is 3.87. The predicted molar refractivity (Wildman–Crippen MR) is 93.2 cm³/mol. The standard InChI is InChI=1S/C19H20N2S/c1-14-8-10-15(11-9-14)13-21-12-4-6-17(21)19-20-16-5-2-3-7-18(16)22-19/h2-3,5,7-11,17H,4,6,12-13H2,1H3. The van der Waals surface area contributed by atoms with Gasteiger partial charge in [-0.3, -0.25) is 4.90 Å². The monoisotopic (exact) mass is 308 g/mol. The number of fused-ring (bicyclic) bond motifs is 1. The Hall–Kier alpha value is -1.71. The van der Waals surface area contributed by atoms with Gasteiger partial charge in [0.1, 0.15) is 5.01 Å². The number of aryl methyl sites for hydroxylation is 1. The van der Waals surface area contributed by atoms with Crippen LogP contribution in [0.25, 0.3) is 10.2 Å². The van der Waals surface area contributed by atoms with Gasteiger partial charge in [0.2, 0.25) is 0 Å². The third-order valence-corrected chi connectivity index (χ3v) is 5.60. The van der Waals surface area contributed by atoms with Gasteiger partial charge < -0.3 is 0 Å². The van der Waals surface area contributed by atoms with Crippen molar-refractivity contribution >= 4 is 21.6 Å². The summed E-state index contributed by atoms with van der Waals surface area (Å²) >= 11 is 1.86. The lowest BCUT2D eigenvalue weighted by Gasteiger charge is -2.22. The van der Waals surface area contributed by atoms with Crippen molar-refractivity contribution in [3.8, 4) is 0 Å². The SMILES string of the molecule is Cc1ccc(CN2CCCC2c2nc3ccccc3s2)cc1. The third-order valence-electron chi connectivity index (χ3n) is 4.47. The fourth-order valence-corrected chi connectivity index (χ4v) is 4.39. The molecule has 1 unspecified atom stereocenters. The minimum absolute atomic E-state index is 0.485. The van der Waals surface area contributed by atoms with Crippen molar-refractivity contribution in [1.29, 1.82) is 0 Å². The molecule has 2 heterocycles.